The van der Waals surface area contributed by atoms with E-state index in [0.29, 0.717) is 35.6 Å². The van der Waals surface area contributed by atoms with E-state index in [0.717, 1.165) is 27.6 Å². The van der Waals surface area contributed by atoms with Gasteiger partial charge < -0.3 is 24.1 Å². The van der Waals surface area contributed by atoms with Crippen LogP contribution in [0.25, 0.3) is 10.9 Å². The first kappa shape index (κ1) is 32.1. The van der Waals surface area contributed by atoms with E-state index in [9.17, 15) is 13.2 Å². The molecule has 9 nitrogen and oxygen atoms in total. The smallest absolute Gasteiger partial charge is 0.244 e. The van der Waals surface area contributed by atoms with Gasteiger partial charge in [0.15, 0.2) is 11.5 Å². The fourth-order valence-corrected chi connectivity index (χ4v) is 7.30. The van der Waals surface area contributed by atoms with E-state index >= 15 is 0 Å². The normalized spacial score (nSPS) is 11.7. The molecule has 0 bridgehead atoms. The van der Waals surface area contributed by atoms with Gasteiger partial charge in [-0.1, -0.05) is 42.0 Å². The molecule has 10 heteroatoms. The number of aromatic amines is 1. The van der Waals surface area contributed by atoms with Crippen LogP contribution in [0.1, 0.15) is 27.8 Å². The number of hydrogen-bond donors (Lipinski definition) is 1. The minimum atomic E-state index is -4.00. The third-order valence-electron chi connectivity index (χ3n) is 7.56. The molecule has 4 rings (SSSR count). The topological polar surface area (TPSA) is 101 Å². The minimum absolute atomic E-state index is 0.0456. The highest BCUT2D eigenvalue weighted by Gasteiger charge is 2.31. The van der Waals surface area contributed by atoms with Gasteiger partial charge in [-0.05, 0) is 67.6 Å². The summed E-state index contributed by atoms with van der Waals surface area (Å²) in [6.07, 6.45) is 2.55. The summed E-state index contributed by atoms with van der Waals surface area (Å²) in [5, 5.41) is 1.09. The van der Waals surface area contributed by atoms with Crippen LogP contribution in [-0.4, -0.2) is 76.1 Å². The molecule has 4 aromatic rings. The summed E-state index contributed by atoms with van der Waals surface area (Å²) < 4.78 is 45.4. The Labute approximate surface area is 254 Å². The number of rotatable bonds is 14. The van der Waals surface area contributed by atoms with Crippen molar-refractivity contribution < 1.29 is 27.4 Å². The number of sulfonamides is 1. The number of aromatic nitrogens is 1. The van der Waals surface area contributed by atoms with Crippen molar-refractivity contribution >= 4 is 26.8 Å². The van der Waals surface area contributed by atoms with Crippen molar-refractivity contribution in [3.8, 4) is 11.5 Å². The van der Waals surface area contributed by atoms with Gasteiger partial charge in [0.2, 0.25) is 15.9 Å². The Morgan fingerprint density at radius 2 is 1.58 bits per heavy atom. The standard InChI is InChI=1S/C33H41N3O6S/c1-23-17-24(2)33(25(3)18-23)43(38,39)36(15-16-40-4)22-32(37)35(21-26-11-12-30(41-5)31(19-26)42-6)14-13-27-20-34-29-10-8-7-9-28(27)29/h7-12,17-20,34H,13-16,21-22H2,1-6H3. The summed E-state index contributed by atoms with van der Waals surface area (Å²) in [5.41, 5.74) is 5.21. The number of carbonyl (C=O) groups is 1. The number of methoxy groups -OCH3 is 3. The van der Waals surface area contributed by atoms with E-state index in [1.165, 1.54) is 11.4 Å². The molecule has 0 saturated heterocycles. The molecular formula is C33H41N3O6S. The van der Waals surface area contributed by atoms with Gasteiger partial charge in [-0.15, -0.1) is 0 Å². The molecule has 43 heavy (non-hydrogen) atoms. The number of fused-ring (bicyclic) bond motifs is 1. The Hall–Kier alpha value is -3.86. The largest absolute Gasteiger partial charge is 0.493 e. The van der Waals surface area contributed by atoms with Crippen molar-refractivity contribution in [2.75, 3.05) is 47.6 Å². The zero-order valence-corrected chi connectivity index (χ0v) is 26.6. The number of carbonyl (C=O) groups excluding carboxylic acids is 1. The van der Waals surface area contributed by atoms with Crippen LogP contribution in [0.5, 0.6) is 11.5 Å². The second kappa shape index (κ2) is 14.1. The van der Waals surface area contributed by atoms with Crippen LogP contribution in [-0.2, 0) is 32.5 Å². The van der Waals surface area contributed by atoms with Crippen molar-refractivity contribution in [2.45, 2.75) is 38.6 Å². The number of H-pyrrole nitrogens is 1. The number of amides is 1. The van der Waals surface area contributed by atoms with E-state index < -0.39 is 10.0 Å². The Morgan fingerprint density at radius 1 is 0.884 bits per heavy atom. The number of hydrogen-bond acceptors (Lipinski definition) is 6. The lowest BCUT2D eigenvalue weighted by atomic mass is 10.1. The first-order valence-corrected chi connectivity index (χ1v) is 15.6. The lowest BCUT2D eigenvalue weighted by molar-refractivity contribution is -0.132. The minimum Gasteiger partial charge on any atom is -0.493 e. The molecule has 0 spiro atoms. The Kier molecular flexibility index (Phi) is 10.5. The van der Waals surface area contributed by atoms with Gasteiger partial charge in [0.05, 0.1) is 32.3 Å². The van der Waals surface area contributed by atoms with Gasteiger partial charge in [-0.2, -0.15) is 4.31 Å². The third-order valence-corrected chi connectivity index (χ3v) is 9.71. The van der Waals surface area contributed by atoms with Gasteiger partial charge in [0.1, 0.15) is 0 Å². The summed E-state index contributed by atoms with van der Waals surface area (Å²) in [7, 11) is 0.653. The summed E-state index contributed by atoms with van der Waals surface area (Å²) in [6, 6.07) is 17.2. The predicted molar refractivity (Wildman–Crippen MR) is 168 cm³/mol. The molecule has 230 valence electrons. The Balaban J connectivity index is 1.66. The monoisotopic (exact) mass is 607 g/mol. The van der Waals surface area contributed by atoms with E-state index in [1.54, 1.807) is 39.0 Å². The molecule has 1 heterocycles. The highest BCUT2D eigenvalue weighted by atomic mass is 32.2. The fraction of sp³-hybridized carbons (Fsp3) is 0.364. The molecule has 1 N–H and O–H groups in total. The molecule has 0 saturated carbocycles. The van der Waals surface area contributed by atoms with Crippen molar-refractivity contribution in [1.29, 1.82) is 0 Å². The van der Waals surface area contributed by atoms with Gasteiger partial charge in [0.25, 0.3) is 0 Å². The van der Waals surface area contributed by atoms with Crippen LogP contribution < -0.4 is 9.47 Å². The number of benzene rings is 3. The van der Waals surface area contributed by atoms with E-state index in [1.807, 2.05) is 61.7 Å². The second-order valence-electron chi connectivity index (χ2n) is 10.7. The molecule has 0 aliphatic carbocycles. The number of para-hydroxylation sites is 1. The van der Waals surface area contributed by atoms with Gasteiger partial charge in [-0.3, -0.25) is 4.79 Å². The average molecular weight is 608 g/mol. The van der Waals surface area contributed by atoms with E-state index in [-0.39, 0.29) is 37.0 Å². The molecule has 1 aromatic heterocycles. The molecule has 0 fully saturated rings. The van der Waals surface area contributed by atoms with Gasteiger partial charge in [0, 0.05) is 43.8 Å². The van der Waals surface area contributed by atoms with Crippen LogP contribution in [0.4, 0.5) is 0 Å². The lowest BCUT2D eigenvalue weighted by Crippen LogP contribution is -2.44. The van der Waals surface area contributed by atoms with Crippen LogP contribution in [0.15, 0.2) is 65.7 Å². The summed E-state index contributed by atoms with van der Waals surface area (Å²) in [5.74, 6) is 0.832. The molecular weight excluding hydrogens is 566 g/mol. The SMILES string of the molecule is COCCN(CC(=O)N(CCc1c[nH]c2ccccc12)Cc1ccc(OC)c(OC)c1)S(=O)(=O)c1c(C)cc(C)cc1C. The number of aryl methyl sites for hydroxylation is 3. The fourth-order valence-electron chi connectivity index (χ4n) is 5.52. The maximum absolute atomic E-state index is 14.0. The molecule has 1 amide bonds. The summed E-state index contributed by atoms with van der Waals surface area (Å²) in [4.78, 5) is 19.3. The Morgan fingerprint density at radius 3 is 2.26 bits per heavy atom. The lowest BCUT2D eigenvalue weighted by Gasteiger charge is -2.28. The number of nitrogens with zero attached hydrogens (tertiary/aromatic N) is 2. The van der Waals surface area contributed by atoms with Crippen molar-refractivity contribution in [3.05, 3.63) is 88.6 Å². The van der Waals surface area contributed by atoms with Gasteiger partial charge >= 0.3 is 0 Å². The highest BCUT2D eigenvalue weighted by molar-refractivity contribution is 7.89. The van der Waals surface area contributed by atoms with Gasteiger partial charge in [-0.25, -0.2) is 8.42 Å². The van der Waals surface area contributed by atoms with Crippen molar-refractivity contribution in [1.82, 2.24) is 14.2 Å². The Bertz CT molecular complexity index is 1660. The first-order valence-electron chi connectivity index (χ1n) is 14.2. The first-order chi connectivity index (χ1) is 20.6. The zero-order valence-electron chi connectivity index (χ0n) is 25.8. The average Bonchev–Trinajstić information content (AvgIpc) is 3.39. The number of ether oxygens (including phenoxy) is 3. The highest BCUT2D eigenvalue weighted by Crippen LogP contribution is 2.29. The molecule has 0 aliphatic rings. The quantitative estimate of drug-likeness (QED) is 0.216. The van der Waals surface area contributed by atoms with E-state index in [4.69, 9.17) is 14.2 Å². The van der Waals surface area contributed by atoms with Crippen LogP contribution in [0.3, 0.4) is 0 Å². The van der Waals surface area contributed by atoms with Crippen LogP contribution in [0, 0.1) is 20.8 Å². The van der Waals surface area contributed by atoms with Crippen LogP contribution in [0.2, 0.25) is 0 Å². The summed E-state index contributed by atoms with van der Waals surface area (Å²) >= 11 is 0. The number of nitrogens with one attached hydrogen (secondary N) is 1. The van der Waals surface area contributed by atoms with Crippen LogP contribution >= 0.6 is 0 Å². The summed E-state index contributed by atoms with van der Waals surface area (Å²) in [6.45, 7) is 6.03. The molecule has 0 aliphatic heterocycles. The third kappa shape index (κ3) is 7.38. The molecule has 0 radical (unpaired) electrons. The molecule has 0 unspecified atom stereocenters. The van der Waals surface area contributed by atoms with E-state index in [2.05, 4.69) is 4.98 Å². The van der Waals surface area contributed by atoms with Crippen molar-refractivity contribution in [2.24, 2.45) is 0 Å². The maximum Gasteiger partial charge on any atom is 0.244 e. The zero-order chi connectivity index (χ0) is 31.1. The molecule has 0 atom stereocenters. The predicted octanol–water partition coefficient (Wildman–Crippen LogP) is 5.02. The molecule has 3 aromatic carbocycles. The maximum atomic E-state index is 14.0. The second-order valence-corrected chi connectivity index (χ2v) is 12.5. The van der Waals surface area contributed by atoms with Crippen molar-refractivity contribution in [3.63, 3.8) is 0 Å².